The molecule has 0 aliphatic heterocycles. The minimum atomic E-state index is -3.71. The summed E-state index contributed by atoms with van der Waals surface area (Å²) in [6.45, 7) is 7.02. The Morgan fingerprint density at radius 2 is 1.88 bits per heavy atom. The van der Waals surface area contributed by atoms with Crippen molar-refractivity contribution in [1.29, 1.82) is 0 Å². The number of hydrogen-bond acceptors (Lipinski definition) is 4. The van der Waals surface area contributed by atoms with E-state index in [1.165, 1.54) is 19.2 Å². The predicted molar refractivity (Wildman–Crippen MR) is 88.6 cm³/mol. The van der Waals surface area contributed by atoms with E-state index in [1.54, 1.807) is 36.4 Å². The molecule has 24 heavy (non-hydrogen) atoms. The van der Waals surface area contributed by atoms with Gasteiger partial charge in [0, 0.05) is 12.1 Å². The lowest BCUT2D eigenvalue weighted by Gasteiger charge is -2.08. The van der Waals surface area contributed by atoms with E-state index in [4.69, 9.17) is 6.57 Å². The fraction of sp³-hybridized carbons (Fsp3) is 0.176. The summed E-state index contributed by atoms with van der Waals surface area (Å²) in [5.74, 6) is -0.480. The molecule has 0 heterocycles. The van der Waals surface area contributed by atoms with E-state index in [-0.39, 0.29) is 18.0 Å². The molecule has 2 rings (SSSR count). The van der Waals surface area contributed by atoms with Gasteiger partial charge in [-0.05, 0) is 29.8 Å². The summed E-state index contributed by atoms with van der Waals surface area (Å²) in [5, 5.41) is 0. The number of carbonyl (C=O) groups excluding carboxylic acids is 1. The molecule has 0 amide bonds. The van der Waals surface area contributed by atoms with E-state index in [0.29, 0.717) is 16.7 Å². The van der Waals surface area contributed by atoms with Gasteiger partial charge in [-0.15, -0.1) is 0 Å². The maximum atomic E-state index is 12.4. The zero-order valence-corrected chi connectivity index (χ0v) is 13.8. The Morgan fingerprint density at radius 3 is 2.58 bits per heavy atom. The third kappa shape index (κ3) is 4.41. The van der Waals surface area contributed by atoms with E-state index in [1.807, 2.05) is 0 Å². The van der Waals surface area contributed by atoms with Crippen LogP contribution in [0.4, 0.5) is 0 Å². The average molecular weight is 344 g/mol. The van der Waals surface area contributed by atoms with Gasteiger partial charge in [0.15, 0.2) is 0 Å². The van der Waals surface area contributed by atoms with Crippen LogP contribution in [0.1, 0.15) is 21.5 Å². The second-order valence-corrected chi connectivity index (χ2v) is 6.75. The van der Waals surface area contributed by atoms with E-state index in [9.17, 15) is 13.2 Å². The van der Waals surface area contributed by atoms with Crippen molar-refractivity contribution in [3.05, 3.63) is 76.6 Å². The van der Waals surface area contributed by atoms with Crippen molar-refractivity contribution in [1.82, 2.24) is 4.72 Å². The normalized spacial score (nSPS) is 10.8. The number of nitrogens with one attached hydrogen (secondary N) is 1. The molecule has 124 valence electrons. The second-order valence-electron chi connectivity index (χ2n) is 4.98. The maximum Gasteiger partial charge on any atom is 0.337 e. The molecule has 0 aromatic heterocycles. The summed E-state index contributed by atoms with van der Waals surface area (Å²) < 4.78 is 31.8. The lowest BCUT2D eigenvalue weighted by atomic mass is 10.1. The van der Waals surface area contributed by atoms with E-state index in [2.05, 4.69) is 14.3 Å². The molecule has 0 fully saturated rings. The van der Waals surface area contributed by atoms with Gasteiger partial charge < -0.3 is 9.58 Å². The molecule has 2 aromatic carbocycles. The first-order valence-corrected chi connectivity index (χ1v) is 8.53. The molecule has 0 saturated heterocycles. The number of benzene rings is 2. The van der Waals surface area contributed by atoms with Crippen molar-refractivity contribution >= 4 is 16.0 Å². The third-order valence-corrected chi connectivity index (χ3v) is 4.68. The van der Waals surface area contributed by atoms with Crippen LogP contribution < -0.4 is 4.72 Å². The smallest absolute Gasteiger partial charge is 0.337 e. The number of esters is 1. The Bertz CT molecular complexity index is 885. The van der Waals surface area contributed by atoms with Gasteiger partial charge in [-0.3, -0.25) is 0 Å². The highest BCUT2D eigenvalue weighted by Crippen LogP contribution is 2.14. The Hall–Kier alpha value is -2.69. The fourth-order valence-electron chi connectivity index (χ4n) is 2.09. The molecule has 0 bridgehead atoms. The Kier molecular flexibility index (Phi) is 5.68. The number of methoxy groups -OCH3 is 1. The molecule has 0 aliphatic rings. The van der Waals surface area contributed by atoms with Gasteiger partial charge in [-0.2, -0.15) is 0 Å². The first-order valence-electron chi connectivity index (χ1n) is 7.05. The summed E-state index contributed by atoms with van der Waals surface area (Å²) in [4.78, 5) is 14.9. The standard InChI is InChI=1S/C17H16N2O4S/c1-18-11-14-6-4-8-16(10-14)24(21,22)19-12-13-5-3-7-15(9-13)17(20)23-2/h3-10,19H,11-12H2,2H3. The van der Waals surface area contributed by atoms with Gasteiger partial charge in [-0.25, -0.2) is 24.5 Å². The molecule has 1 N–H and O–H groups in total. The van der Waals surface area contributed by atoms with Crippen LogP contribution in [0, 0.1) is 6.57 Å². The number of nitrogens with zero attached hydrogens (tertiary/aromatic N) is 1. The first kappa shape index (κ1) is 17.7. The van der Waals surface area contributed by atoms with Gasteiger partial charge >= 0.3 is 5.97 Å². The molecule has 0 saturated carbocycles. The highest BCUT2D eigenvalue weighted by molar-refractivity contribution is 7.89. The molecule has 7 heteroatoms. The van der Waals surface area contributed by atoms with Gasteiger partial charge in [0.2, 0.25) is 16.6 Å². The molecule has 0 atom stereocenters. The SMILES string of the molecule is [C-]#[N+]Cc1cccc(S(=O)(=O)NCc2cccc(C(=O)OC)c2)c1. The lowest BCUT2D eigenvalue weighted by Crippen LogP contribution is -2.23. The maximum absolute atomic E-state index is 12.4. The van der Waals surface area contributed by atoms with Crippen molar-refractivity contribution in [3.8, 4) is 0 Å². The van der Waals surface area contributed by atoms with Crippen LogP contribution in [0.5, 0.6) is 0 Å². The Labute approximate surface area is 141 Å². The van der Waals surface area contributed by atoms with Crippen LogP contribution in [0.3, 0.4) is 0 Å². The van der Waals surface area contributed by atoms with Crippen LogP contribution in [0.25, 0.3) is 4.85 Å². The van der Waals surface area contributed by atoms with Gasteiger partial charge in [0.1, 0.15) is 0 Å². The molecule has 0 unspecified atom stereocenters. The van der Waals surface area contributed by atoms with E-state index < -0.39 is 16.0 Å². The van der Waals surface area contributed by atoms with Crippen LogP contribution in [0.2, 0.25) is 0 Å². The van der Waals surface area contributed by atoms with Crippen molar-refractivity contribution in [2.45, 2.75) is 18.0 Å². The molecule has 0 radical (unpaired) electrons. The summed E-state index contributed by atoms with van der Waals surface area (Å²) >= 11 is 0. The summed E-state index contributed by atoms with van der Waals surface area (Å²) in [5.41, 5.74) is 1.63. The molecular weight excluding hydrogens is 328 g/mol. The quantitative estimate of drug-likeness (QED) is 0.645. The topological polar surface area (TPSA) is 76.8 Å². The number of rotatable bonds is 6. The number of carbonyl (C=O) groups is 1. The highest BCUT2D eigenvalue weighted by atomic mass is 32.2. The van der Waals surface area contributed by atoms with Gasteiger partial charge in [-0.1, -0.05) is 24.3 Å². The summed E-state index contributed by atoms with van der Waals surface area (Å²) in [6.07, 6.45) is 0. The fourth-order valence-corrected chi connectivity index (χ4v) is 3.18. The lowest BCUT2D eigenvalue weighted by molar-refractivity contribution is 0.0600. The van der Waals surface area contributed by atoms with Crippen LogP contribution in [-0.2, 0) is 27.8 Å². The van der Waals surface area contributed by atoms with Crippen molar-refractivity contribution in [2.75, 3.05) is 7.11 Å². The zero-order chi connectivity index (χ0) is 17.6. The Balaban J connectivity index is 2.15. The minimum absolute atomic E-state index is 0.0419. The summed E-state index contributed by atoms with van der Waals surface area (Å²) in [6, 6.07) is 12.8. The Morgan fingerprint density at radius 1 is 1.17 bits per heavy atom. The molecule has 2 aromatic rings. The van der Waals surface area contributed by atoms with Gasteiger partial charge in [0.25, 0.3) is 0 Å². The molecule has 6 nitrogen and oxygen atoms in total. The van der Waals surface area contributed by atoms with Crippen molar-refractivity contribution < 1.29 is 17.9 Å². The average Bonchev–Trinajstić information content (AvgIpc) is 2.60. The van der Waals surface area contributed by atoms with E-state index in [0.717, 1.165) is 0 Å². The molecular formula is C17H16N2O4S. The minimum Gasteiger partial charge on any atom is -0.465 e. The first-order chi connectivity index (χ1) is 11.5. The largest absolute Gasteiger partial charge is 0.465 e. The number of hydrogen-bond donors (Lipinski definition) is 1. The monoisotopic (exact) mass is 344 g/mol. The summed E-state index contributed by atoms with van der Waals surface area (Å²) in [7, 11) is -2.42. The van der Waals surface area contributed by atoms with E-state index >= 15 is 0 Å². The third-order valence-electron chi connectivity index (χ3n) is 3.28. The van der Waals surface area contributed by atoms with Crippen LogP contribution in [0.15, 0.2) is 53.4 Å². The van der Waals surface area contributed by atoms with Gasteiger partial charge in [0.05, 0.1) is 17.6 Å². The molecule has 0 aliphatic carbocycles. The number of sulfonamides is 1. The van der Waals surface area contributed by atoms with Crippen LogP contribution >= 0.6 is 0 Å². The van der Waals surface area contributed by atoms with Crippen LogP contribution in [-0.4, -0.2) is 21.5 Å². The van der Waals surface area contributed by atoms with Crippen molar-refractivity contribution in [3.63, 3.8) is 0 Å². The predicted octanol–water partition coefficient (Wildman–Crippen LogP) is 2.37. The second kappa shape index (κ2) is 7.73. The molecule has 0 spiro atoms. The number of ether oxygens (including phenoxy) is 1. The zero-order valence-electron chi connectivity index (χ0n) is 13.0. The van der Waals surface area contributed by atoms with Crippen molar-refractivity contribution in [2.24, 2.45) is 0 Å². The highest BCUT2D eigenvalue weighted by Gasteiger charge is 2.15.